The zero-order valence-electron chi connectivity index (χ0n) is 16.4. The quantitative estimate of drug-likeness (QED) is 0.600. The molecule has 1 amide bonds. The van der Waals surface area contributed by atoms with Crippen molar-refractivity contribution in [3.05, 3.63) is 65.5 Å². The largest absolute Gasteiger partial charge is 0.273 e. The van der Waals surface area contributed by atoms with Crippen LogP contribution in [0.3, 0.4) is 0 Å². The molecule has 1 atom stereocenters. The fourth-order valence-corrected chi connectivity index (χ4v) is 4.80. The molecule has 1 saturated heterocycles. The molecule has 8 heteroatoms. The van der Waals surface area contributed by atoms with E-state index in [1.807, 2.05) is 6.92 Å². The van der Waals surface area contributed by atoms with Crippen molar-refractivity contribution in [3.8, 4) is 0 Å². The molecule has 0 aromatic heterocycles. The van der Waals surface area contributed by atoms with E-state index in [0.717, 1.165) is 5.56 Å². The van der Waals surface area contributed by atoms with Gasteiger partial charge in [-0.1, -0.05) is 35.9 Å². The molecule has 0 bridgehead atoms. The van der Waals surface area contributed by atoms with Crippen LogP contribution in [-0.2, 0) is 14.8 Å². The summed E-state index contributed by atoms with van der Waals surface area (Å²) in [5.74, 6) is -1.30. The lowest BCUT2D eigenvalue weighted by Gasteiger charge is -2.30. The van der Waals surface area contributed by atoms with Crippen molar-refractivity contribution in [2.45, 2.75) is 31.6 Å². The highest BCUT2D eigenvalue weighted by Gasteiger charge is 2.33. The number of nitrogens with zero attached hydrogens (tertiary/aromatic N) is 2. The maximum Gasteiger partial charge on any atom is 0.244 e. The monoisotopic (exact) mass is 417 g/mol. The zero-order valence-corrected chi connectivity index (χ0v) is 17.2. The van der Waals surface area contributed by atoms with Crippen LogP contribution < -0.4 is 5.43 Å². The van der Waals surface area contributed by atoms with Gasteiger partial charge in [-0.05, 0) is 44.9 Å². The van der Waals surface area contributed by atoms with Gasteiger partial charge in [-0.2, -0.15) is 9.41 Å². The van der Waals surface area contributed by atoms with Crippen LogP contribution in [0, 0.1) is 18.7 Å². The molecule has 1 N–H and O–H groups in total. The number of nitrogens with one attached hydrogen (secondary N) is 1. The molecule has 2 aromatic carbocycles. The molecule has 0 radical (unpaired) electrons. The molecule has 2 aromatic rings. The molecule has 6 nitrogen and oxygen atoms in total. The highest BCUT2D eigenvalue weighted by Crippen LogP contribution is 2.24. The SMILES string of the molecule is C/C(=N/NC(=O)[C@H]1CCCN(S(=O)(=O)c2ccc(C)cc2)C1)c1ccccc1F. The third-order valence-electron chi connectivity index (χ3n) is 5.01. The molecule has 154 valence electrons. The molecular weight excluding hydrogens is 393 g/mol. The number of sulfonamides is 1. The van der Waals surface area contributed by atoms with E-state index < -0.39 is 21.8 Å². The Morgan fingerprint density at radius 1 is 1.17 bits per heavy atom. The Morgan fingerprint density at radius 3 is 2.55 bits per heavy atom. The maximum absolute atomic E-state index is 13.8. The van der Waals surface area contributed by atoms with Crippen LogP contribution in [0.2, 0.25) is 0 Å². The van der Waals surface area contributed by atoms with Crippen LogP contribution >= 0.6 is 0 Å². The Bertz CT molecular complexity index is 1020. The number of hydrogen-bond acceptors (Lipinski definition) is 4. The number of halogens is 1. The van der Waals surface area contributed by atoms with Crippen molar-refractivity contribution in [1.82, 2.24) is 9.73 Å². The van der Waals surface area contributed by atoms with Gasteiger partial charge >= 0.3 is 0 Å². The van der Waals surface area contributed by atoms with Crippen molar-refractivity contribution >= 4 is 21.6 Å². The number of aryl methyl sites for hydroxylation is 1. The van der Waals surface area contributed by atoms with E-state index in [9.17, 15) is 17.6 Å². The number of amides is 1. The first kappa shape index (κ1) is 21.1. The topological polar surface area (TPSA) is 78.8 Å². The number of hydrazone groups is 1. The third-order valence-corrected chi connectivity index (χ3v) is 6.89. The lowest BCUT2D eigenvalue weighted by Crippen LogP contribution is -2.44. The molecule has 0 unspecified atom stereocenters. The molecule has 29 heavy (non-hydrogen) atoms. The Balaban J connectivity index is 1.68. The summed E-state index contributed by atoms with van der Waals surface area (Å²) in [6.07, 6.45) is 1.15. The predicted octanol–water partition coefficient (Wildman–Crippen LogP) is 3.08. The van der Waals surface area contributed by atoms with E-state index in [1.165, 1.54) is 10.4 Å². The summed E-state index contributed by atoms with van der Waals surface area (Å²) < 4.78 is 40.9. The highest BCUT2D eigenvalue weighted by molar-refractivity contribution is 7.89. The number of benzene rings is 2. The van der Waals surface area contributed by atoms with Crippen LogP contribution in [0.1, 0.15) is 30.9 Å². The molecule has 1 fully saturated rings. The first-order valence-corrected chi connectivity index (χ1v) is 10.9. The van der Waals surface area contributed by atoms with Crippen molar-refractivity contribution < 1.29 is 17.6 Å². The summed E-state index contributed by atoms with van der Waals surface area (Å²) in [6, 6.07) is 12.8. The van der Waals surface area contributed by atoms with Gasteiger partial charge < -0.3 is 0 Å². The Labute approximate surface area is 170 Å². The Hall–Kier alpha value is -2.58. The van der Waals surface area contributed by atoms with Crippen LogP contribution in [0.4, 0.5) is 4.39 Å². The number of piperidine rings is 1. The summed E-state index contributed by atoms with van der Waals surface area (Å²) in [7, 11) is -3.66. The van der Waals surface area contributed by atoms with Crippen molar-refractivity contribution in [1.29, 1.82) is 0 Å². The van der Waals surface area contributed by atoms with Gasteiger partial charge in [-0.3, -0.25) is 4.79 Å². The number of rotatable bonds is 5. The first-order chi connectivity index (χ1) is 13.8. The summed E-state index contributed by atoms with van der Waals surface area (Å²) in [5.41, 5.74) is 4.08. The minimum Gasteiger partial charge on any atom is -0.273 e. The van der Waals surface area contributed by atoms with Crippen LogP contribution in [-0.4, -0.2) is 37.4 Å². The summed E-state index contributed by atoms with van der Waals surface area (Å²) in [5, 5.41) is 3.99. The maximum atomic E-state index is 13.8. The fourth-order valence-electron chi connectivity index (χ4n) is 3.28. The number of carbonyl (C=O) groups is 1. The van der Waals surface area contributed by atoms with Gasteiger partial charge in [0.15, 0.2) is 0 Å². The Morgan fingerprint density at radius 2 is 1.86 bits per heavy atom. The minimum atomic E-state index is -3.66. The van der Waals surface area contributed by atoms with Gasteiger partial charge in [0.05, 0.1) is 16.5 Å². The van der Waals surface area contributed by atoms with E-state index >= 15 is 0 Å². The second-order valence-electron chi connectivity index (χ2n) is 7.17. The zero-order chi connectivity index (χ0) is 21.0. The second-order valence-corrected chi connectivity index (χ2v) is 9.11. The second kappa shape index (κ2) is 8.84. The minimum absolute atomic E-state index is 0.0936. The lowest BCUT2D eigenvalue weighted by atomic mass is 9.99. The van der Waals surface area contributed by atoms with Crippen LogP contribution in [0.15, 0.2) is 58.5 Å². The molecule has 3 rings (SSSR count). The van der Waals surface area contributed by atoms with E-state index in [1.54, 1.807) is 49.4 Å². The summed E-state index contributed by atoms with van der Waals surface area (Å²) >= 11 is 0. The normalized spacial score (nSPS) is 18.4. The van der Waals surface area contributed by atoms with E-state index in [2.05, 4.69) is 10.5 Å². The molecular formula is C21H24FN3O3S. The van der Waals surface area contributed by atoms with Crippen molar-refractivity contribution in [3.63, 3.8) is 0 Å². The smallest absolute Gasteiger partial charge is 0.244 e. The van der Waals surface area contributed by atoms with Crippen LogP contribution in [0.5, 0.6) is 0 Å². The first-order valence-electron chi connectivity index (χ1n) is 9.45. The molecule has 0 aliphatic carbocycles. The van der Waals surface area contributed by atoms with Crippen LogP contribution in [0.25, 0.3) is 0 Å². The van der Waals surface area contributed by atoms with Gasteiger partial charge in [0.2, 0.25) is 15.9 Å². The molecule has 0 saturated carbocycles. The number of hydrogen-bond donors (Lipinski definition) is 1. The molecule has 1 aliphatic rings. The third kappa shape index (κ3) is 4.89. The average molecular weight is 418 g/mol. The highest BCUT2D eigenvalue weighted by atomic mass is 32.2. The van der Waals surface area contributed by atoms with Crippen molar-refractivity contribution in [2.75, 3.05) is 13.1 Å². The summed E-state index contributed by atoms with van der Waals surface area (Å²) in [6.45, 7) is 3.96. The van der Waals surface area contributed by atoms with Gasteiger partial charge in [-0.25, -0.2) is 18.2 Å². The fraction of sp³-hybridized carbons (Fsp3) is 0.333. The molecule has 1 heterocycles. The van der Waals surface area contributed by atoms with Crippen molar-refractivity contribution in [2.24, 2.45) is 11.0 Å². The molecule has 1 aliphatic heterocycles. The van der Waals surface area contributed by atoms with E-state index in [4.69, 9.17) is 0 Å². The van der Waals surface area contributed by atoms with Gasteiger partial charge in [0.25, 0.3) is 0 Å². The molecule has 0 spiro atoms. The standard InChI is InChI=1S/C21H24FN3O3S/c1-15-9-11-18(12-10-15)29(27,28)25-13-5-6-17(14-25)21(26)24-23-16(2)19-7-3-4-8-20(19)22/h3-4,7-12,17H,5-6,13-14H2,1-2H3,(H,24,26)/b23-16-/t17-/m0/s1. The average Bonchev–Trinajstić information content (AvgIpc) is 2.72. The summed E-state index contributed by atoms with van der Waals surface area (Å²) in [4.78, 5) is 12.8. The van der Waals surface area contributed by atoms with E-state index in [0.29, 0.717) is 30.7 Å². The van der Waals surface area contributed by atoms with Gasteiger partial charge in [-0.15, -0.1) is 0 Å². The van der Waals surface area contributed by atoms with Gasteiger partial charge in [0, 0.05) is 18.7 Å². The Kier molecular flexibility index (Phi) is 6.44. The predicted molar refractivity (Wildman–Crippen MR) is 109 cm³/mol. The number of carbonyl (C=O) groups excluding carboxylic acids is 1. The lowest BCUT2D eigenvalue weighted by molar-refractivity contribution is -0.126. The van der Waals surface area contributed by atoms with Gasteiger partial charge in [0.1, 0.15) is 5.82 Å². The van der Waals surface area contributed by atoms with E-state index in [-0.39, 0.29) is 17.3 Å².